The van der Waals surface area contributed by atoms with Crippen molar-refractivity contribution < 1.29 is 0 Å². The second-order valence-corrected chi connectivity index (χ2v) is 6.43. The van der Waals surface area contributed by atoms with E-state index in [9.17, 15) is 0 Å². The molecule has 2 N–H and O–H groups in total. The molecule has 1 heterocycles. The fourth-order valence-corrected chi connectivity index (χ4v) is 3.13. The van der Waals surface area contributed by atoms with Crippen molar-refractivity contribution >= 4 is 0 Å². The van der Waals surface area contributed by atoms with E-state index >= 15 is 0 Å². The largest absolute Gasteiger partial charge is 0.332 e. The summed E-state index contributed by atoms with van der Waals surface area (Å²) < 4.78 is 2.26. The number of fused-ring (bicyclic) bond motifs is 1. The van der Waals surface area contributed by atoms with Gasteiger partial charge in [-0.2, -0.15) is 0 Å². The van der Waals surface area contributed by atoms with Gasteiger partial charge in [-0.3, -0.25) is 0 Å². The molecule has 0 radical (unpaired) electrons. The Bertz CT molecular complexity index is 595. The van der Waals surface area contributed by atoms with Crippen molar-refractivity contribution in [2.45, 2.75) is 58.0 Å². The Balaban J connectivity index is 1.74. The summed E-state index contributed by atoms with van der Waals surface area (Å²) >= 11 is 0. The van der Waals surface area contributed by atoms with Crippen molar-refractivity contribution in [3.63, 3.8) is 0 Å². The molecule has 0 saturated heterocycles. The zero-order valence-electron chi connectivity index (χ0n) is 13.0. The van der Waals surface area contributed by atoms with Crippen molar-refractivity contribution in [3.05, 3.63) is 53.1 Å². The third-order valence-electron chi connectivity index (χ3n) is 4.53. The first-order valence-corrected chi connectivity index (χ1v) is 8.03. The molecule has 1 aromatic heterocycles. The molecule has 21 heavy (non-hydrogen) atoms. The molecule has 0 aliphatic heterocycles. The minimum absolute atomic E-state index is 0.0337. The molecule has 3 rings (SSSR count). The molecule has 0 bridgehead atoms. The molecule has 1 aromatic carbocycles. The maximum atomic E-state index is 6.40. The van der Waals surface area contributed by atoms with E-state index in [-0.39, 0.29) is 6.04 Å². The lowest BCUT2D eigenvalue weighted by molar-refractivity contribution is 0.541. The quantitative estimate of drug-likeness (QED) is 0.932. The number of imidazole rings is 1. The van der Waals surface area contributed by atoms with Crippen molar-refractivity contribution in [1.82, 2.24) is 9.55 Å². The molecule has 0 saturated carbocycles. The van der Waals surface area contributed by atoms with Gasteiger partial charge in [0.2, 0.25) is 0 Å². The highest BCUT2D eigenvalue weighted by atomic mass is 15.1. The Morgan fingerprint density at radius 1 is 1.10 bits per heavy atom. The summed E-state index contributed by atoms with van der Waals surface area (Å²) in [7, 11) is 0. The fourth-order valence-electron chi connectivity index (χ4n) is 3.13. The van der Waals surface area contributed by atoms with E-state index in [4.69, 9.17) is 5.73 Å². The lowest BCUT2D eigenvalue weighted by Gasteiger charge is -2.18. The van der Waals surface area contributed by atoms with Crippen LogP contribution in [0.1, 0.15) is 61.2 Å². The van der Waals surface area contributed by atoms with Gasteiger partial charge in [0.05, 0.1) is 12.0 Å². The highest BCUT2D eigenvalue weighted by Crippen LogP contribution is 2.23. The van der Waals surface area contributed by atoms with E-state index < -0.39 is 0 Å². The van der Waals surface area contributed by atoms with E-state index in [1.165, 1.54) is 35.4 Å². The molecule has 2 aromatic rings. The van der Waals surface area contributed by atoms with Crippen LogP contribution in [0.15, 0.2) is 30.6 Å². The van der Waals surface area contributed by atoms with Gasteiger partial charge >= 0.3 is 0 Å². The van der Waals surface area contributed by atoms with Gasteiger partial charge in [-0.15, -0.1) is 0 Å². The van der Waals surface area contributed by atoms with Gasteiger partial charge in [0.1, 0.15) is 0 Å². The Labute approximate surface area is 127 Å². The van der Waals surface area contributed by atoms with Crippen molar-refractivity contribution in [3.8, 4) is 0 Å². The third kappa shape index (κ3) is 3.03. The van der Waals surface area contributed by atoms with E-state index in [1.807, 2.05) is 6.33 Å². The van der Waals surface area contributed by atoms with Crippen molar-refractivity contribution in [1.29, 1.82) is 0 Å². The van der Waals surface area contributed by atoms with Gasteiger partial charge in [0, 0.05) is 18.3 Å². The first kappa shape index (κ1) is 14.3. The highest BCUT2D eigenvalue weighted by Gasteiger charge is 2.17. The van der Waals surface area contributed by atoms with Crippen LogP contribution >= 0.6 is 0 Å². The van der Waals surface area contributed by atoms with Gasteiger partial charge in [0.25, 0.3) is 0 Å². The molecule has 112 valence electrons. The van der Waals surface area contributed by atoms with Crippen molar-refractivity contribution in [2.24, 2.45) is 5.73 Å². The van der Waals surface area contributed by atoms with Gasteiger partial charge in [0.15, 0.2) is 0 Å². The number of aryl methyl sites for hydroxylation is 1. The second kappa shape index (κ2) is 6.02. The van der Waals surface area contributed by atoms with Crippen LogP contribution < -0.4 is 5.73 Å². The second-order valence-electron chi connectivity index (χ2n) is 6.43. The minimum Gasteiger partial charge on any atom is -0.332 e. The third-order valence-corrected chi connectivity index (χ3v) is 4.53. The molecule has 0 spiro atoms. The number of nitrogens with two attached hydrogens (primary N) is 1. The van der Waals surface area contributed by atoms with Crippen LogP contribution in [-0.2, 0) is 19.4 Å². The van der Waals surface area contributed by atoms with Gasteiger partial charge in [-0.05, 0) is 42.7 Å². The SMILES string of the molecule is CC(C)c1ccc(C(N)Cn2cnc3c2CCCC3)cc1. The molecule has 0 fully saturated rings. The predicted octanol–water partition coefficient (Wildman–Crippen LogP) is 3.59. The topological polar surface area (TPSA) is 43.8 Å². The summed E-state index contributed by atoms with van der Waals surface area (Å²) in [4.78, 5) is 4.55. The van der Waals surface area contributed by atoms with Gasteiger partial charge < -0.3 is 10.3 Å². The highest BCUT2D eigenvalue weighted by molar-refractivity contribution is 5.27. The first-order chi connectivity index (χ1) is 10.1. The van der Waals surface area contributed by atoms with E-state index in [0.29, 0.717) is 5.92 Å². The summed E-state index contributed by atoms with van der Waals surface area (Å²) in [5.74, 6) is 0.566. The Morgan fingerprint density at radius 2 is 1.76 bits per heavy atom. The summed E-state index contributed by atoms with van der Waals surface area (Å²) in [5.41, 5.74) is 11.6. The molecule has 3 nitrogen and oxygen atoms in total. The Kier molecular flexibility index (Phi) is 4.11. The first-order valence-electron chi connectivity index (χ1n) is 8.03. The van der Waals surface area contributed by atoms with Crippen LogP contribution in [0.5, 0.6) is 0 Å². The number of aromatic nitrogens is 2. The zero-order valence-corrected chi connectivity index (χ0v) is 13.0. The molecule has 3 heteroatoms. The smallest absolute Gasteiger partial charge is 0.0952 e. The average molecular weight is 283 g/mol. The average Bonchev–Trinajstić information content (AvgIpc) is 2.91. The maximum absolute atomic E-state index is 6.40. The van der Waals surface area contributed by atoms with Crippen molar-refractivity contribution in [2.75, 3.05) is 0 Å². The molecular formula is C18H25N3. The number of benzene rings is 1. The molecule has 1 aliphatic rings. The standard InChI is InChI=1S/C18H25N3/c1-13(2)14-7-9-15(10-8-14)16(19)11-21-12-20-17-5-3-4-6-18(17)21/h7-10,12-13,16H,3-6,11,19H2,1-2H3. The van der Waals surface area contributed by atoms with Crippen LogP contribution in [-0.4, -0.2) is 9.55 Å². The summed E-state index contributed by atoms with van der Waals surface area (Å²) in [6.45, 7) is 5.25. The van der Waals surface area contributed by atoms with E-state index in [2.05, 4.69) is 47.7 Å². The van der Waals surface area contributed by atoms with Crippen LogP contribution in [0.3, 0.4) is 0 Å². The number of nitrogens with zero attached hydrogens (tertiary/aromatic N) is 2. The van der Waals surface area contributed by atoms with Crippen LogP contribution in [0.25, 0.3) is 0 Å². The Hall–Kier alpha value is -1.61. The summed E-state index contributed by atoms with van der Waals surface area (Å²) in [6, 6.07) is 8.77. The molecule has 0 amide bonds. The van der Waals surface area contributed by atoms with Gasteiger partial charge in [-0.25, -0.2) is 4.98 Å². The monoisotopic (exact) mass is 283 g/mol. The number of rotatable bonds is 4. The van der Waals surface area contributed by atoms with Crippen LogP contribution in [0.2, 0.25) is 0 Å². The molecule has 1 unspecified atom stereocenters. The van der Waals surface area contributed by atoms with Crippen LogP contribution in [0.4, 0.5) is 0 Å². The lowest BCUT2D eigenvalue weighted by Crippen LogP contribution is -2.19. The van der Waals surface area contributed by atoms with Crippen LogP contribution in [0, 0.1) is 0 Å². The maximum Gasteiger partial charge on any atom is 0.0952 e. The zero-order chi connectivity index (χ0) is 14.8. The fraction of sp³-hybridized carbons (Fsp3) is 0.500. The van der Waals surface area contributed by atoms with E-state index in [0.717, 1.165) is 19.4 Å². The molecule has 1 aliphatic carbocycles. The summed E-state index contributed by atoms with van der Waals surface area (Å²) in [5, 5.41) is 0. The van der Waals surface area contributed by atoms with E-state index in [1.54, 1.807) is 0 Å². The minimum atomic E-state index is 0.0337. The Morgan fingerprint density at radius 3 is 2.48 bits per heavy atom. The van der Waals surface area contributed by atoms with Gasteiger partial charge in [-0.1, -0.05) is 38.1 Å². The predicted molar refractivity (Wildman–Crippen MR) is 86.3 cm³/mol. The number of hydrogen-bond acceptors (Lipinski definition) is 2. The molecule has 1 atom stereocenters. The molecular weight excluding hydrogens is 258 g/mol. The lowest BCUT2D eigenvalue weighted by atomic mass is 9.98. The summed E-state index contributed by atoms with van der Waals surface area (Å²) in [6.07, 6.45) is 6.79. The normalized spacial score (nSPS) is 16.0. The number of hydrogen-bond donors (Lipinski definition) is 1.